The number of rotatable bonds is 4. The van der Waals surface area contributed by atoms with Gasteiger partial charge in [-0.15, -0.1) is 0 Å². The van der Waals surface area contributed by atoms with Crippen molar-refractivity contribution in [3.05, 3.63) is 76.0 Å². The number of hydrogen-bond acceptors (Lipinski definition) is 5. The van der Waals surface area contributed by atoms with E-state index in [0.29, 0.717) is 17.0 Å². The zero-order valence-electron chi connectivity index (χ0n) is 20.7. The molecule has 4 aromatic rings. The second kappa shape index (κ2) is 8.90. The van der Waals surface area contributed by atoms with E-state index < -0.39 is 52.5 Å². The second-order valence-electron chi connectivity index (χ2n) is 9.47. The summed E-state index contributed by atoms with van der Waals surface area (Å²) in [6, 6.07) is 4.67. The zero-order valence-corrected chi connectivity index (χ0v) is 20.7. The molecule has 4 heterocycles. The number of aryl methyl sites for hydroxylation is 1. The third kappa shape index (κ3) is 3.77. The van der Waals surface area contributed by atoms with E-state index in [9.17, 15) is 26.7 Å². The third-order valence-corrected chi connectivity index (χ3v) is 7.41. The standard InChI is InChI=1S/C26H23F5N4O3/c1-12-18(13-5-6-14(27)20(28)22(13)37-4)23(38-25(12,2)26(29,30)31)16-11-17(36)19-15(34-16)7-8-32-21(19)24-33-9-10-35(24)3/h5-12,18,23H,1-4H3,(H,34,36)/t12-,18-,23-,25+/m0/s1. The first-order chi connectivity index (χ1) is 17.9. The Morgan fingerprint density at radius 3 is 2.53 bits per heavy atom. The van der Waals surface area contributed by atoms with Crippen molar-refractivity contribution >= 4 is 10.9 Å². The average Bonchev–Trinajstić information content (AvgIpc) is 3.41. The number of hydrogen-bond donors (Lipinski definition) is 1. The topological polar surface area (TPSA) is 82.0 Å². The van der Waals surface area contributed by atoms with E-state index in [4.69, 9.17) is 9.47 Å². The molecule has 1 fully saturated rings. The van der Waals surface area contributed by atoms with Crippen LogP contribution >= 0.6 is 0 Å². The predicted molar refractivity (Wildman–Crippen MR) is 128 cm³/mol. The highest BCUT2D eigenvalue weighted by atomic mass is 19.4. The molecule has 0 spiro atoms. The van der Waals surface area contributed by atoms with E-state index in [1.807, 2.05) is 0 Å². The van der Waals surface area contributed by atoms with Crippen LogP contribution in [0.1, 0.15) is 37.1 Å². The van der Waals surface area contributed by atoms with Gasteiger partial charge in [-0.25, -0.2) is 9.37 Å². The van der Waals surface area contributed by atoms with Crippen molar-refractivity contribution in [1.29, 1.82) is 0 Å². The van der Waals surface area contributed by atoms with Gasteiger partial charge in [0.25, 0.3) is 0 Å². The number of aromatic amines is 1. The van der Waals surface area contributed by atoms with E-state index in [-0.39, 0.29) is 16.6 Å². The largest absolute Gasteiger partial charge is 0.493 e. The summed E-state index contributed by atoms with van der Waals surface area (Å²) in [6.07, 6.45) is -1.51. The van der Waals surface area contributed by atoms with Crippen molar-refractivity contribution in [2.45, 2.75) is 37.6 Å². The lowest BCUT2D eigenvalue weighted by atomic mass is 9.76. The Kier molecular flexibility index (Phi) is 6.05. The van der Waals surface area contributed by atoms with E-state index in [1.54, 1.807) is 24.0 Å². The molecule has 0 aliphatic carbocycles. The molecule has 0 bridgehead atoms. The molecule has 38 heavy (non-hydrogen) atoms. The molecule has 0 saturated carbocycles. The summed E-state index contributed by atoms with van der Waals surface area (Å²) in [5.74, 6) is -5.06. The average molecular weight is 534 g/mol. The fraction of sp³-hybridized carbons (Fsp3) is 0.346. The minimum Gasteiger partial charge on any atom is -0.493 e. The van der Waals surface area contributed by atoms with Crippen molar-refractivity contribution in [2.24, 2.45) is 13.0 Å². The van der Waals surface area contributed by atoms with Gasteiger partial charge in [0, 0.05) is 54.8 Å². The Hall–Kier alpha value is -3.80. The number of H-pyrrole nitrogens is 1. The Morgan fingerprint density at radius 1 is 1.16 bits per heavy atom. The number of halogens is 5. The lowest BCUT2D eigenvalue weighted by molar-refractivity contribution is -0.275. The first-order valence-electron chi connectivity index (χ1n) is 11.6. The van der Waals surface area contributed by atoms with Gasteiger partial charge < -0.3 is 19.0 Å². The summed E-state index contributed by atoms with van der Waals surface area (Å²) in [7, 11) is 2.83. The predicted octanol–water partition coefficient (Wildman–Crippen LogP) is 5.42. The molecule has 7 nitrogen and oxygen atoms in total. The number of aromatic nitrogens is 4. The highest BCUT2D eigenvalue weighted by Crippen LogP contribution is 2.59. The van der Waals surface area contributed by atoms with Gasteiger partial charge in [-0.3, -0.25) is 9.78 Å². The Bertz CT molecular complexity index is 1600. The Morgan fingerprint density at radius 2 is 1.89 bits per heavy atom. The maximum atomic E-state index is 14.6. The molecule has 0 radical (unpaired) electrons. The van der Waals surface area contributed by atoms with Gasteiger partial charge in [-0.2, -0.15) is 17.6 Å². The summed E-state index contributed by atoms with van der Waals surface area (Å²) >= 11 is 0. The summed E-state index contributed by atoms with van der Waals surface area (Å²) in [5, 5.41) is 0.192. The van der Waals surface area contributed by atoms with Crippen molar-refractivity contribution in [1.82, 2.24) is 19.5 Å². The number of fused-ring (bicyclic) bond motifs is 1. The number of imidazole rings is 1. The lowest BCUT2D eigenvalue weighted by Crippen LogP contribution is -2.46. The van der Waals surface area contributed by atoms with Crippen LogP contribution in [0, 0.1) is 17.6 Å². The van der Waals surface area contributed by atoms with Crippen LogP contribution < -0.4 is 10.2 Å². The SMILES string of the molecule is COc1c([C@H]2[C@H](c3cc(=O)c4c(-c5nccn5C)nccc4[nH]3)O[C@@](C)(C(F)(F)F)[C@H]2C)ccc(F)c1F. The summed E-state index contributed by atoms with van der Waals surface area (Å²) in [6.45, 7) is 2.22. The van der Waals surface area contributed by atoms with Crippen LogP contribution in [-0.4, -0.2) is 38.4 Å². The van der Waals surface area contributed by atoms with Crippen LogP contribution in [0.25, 0.3) is 22.4 Å². The molecule has 200 valence electrons. The summed E-state index contributed by atoms with van der Waals surface area (Å²) < 4.78 is 84.0. The molecular weight excluding hydrogens is 511 g/mol. The van der Waals surface area contributed by atoms with E-state index in [1.165, 1.54) is 25.3 Å². The van der Waals surface area contributed by atoms with Crippen molar-refractivity contribution in [2.75, 3.05) is 7.11 Å². The van der Waals surface area contributed by atoms with Crippen molar-refractivity contribution < 1.29 is 31.4 Å². The number of methoxy groups -OCH3 is 1. The van der Waals surface area contributed by atoms with E-state index in [0.717, 1.165) is 26.2 Å². The quantitative estimate of drug-likeness (QED) is 0.354. The molecule has 1 aliphatic rings. The molecule has 1 N–H and O–H groups in total. The smallest absolute Gasteiger partial charge is 0.417 e. The molecule has 1 aromatic carbocycles. The van der Waals surface area contributed by atoms with E-state index in [2.05, 4.69) is 15.0 Å². The Balaban J connectivity index is 1.73. The number of benzene rings is 1. The van der Waals surface area contributed by atoms with Gasteiger partial charge in [-0.1, -0.05) is 13.0 Å². The highest BCUT2D eigenvalue weighted by molar-refractivity contribution is 5.90. The number of nitrogens with zero attached hydrogens (tertiary/aromatic N) is 3. The number of pyridine rings is 2. The first kappa shape index (κ1) is 25.8. The fourth-order valence-corrected chi connectivity index (χ4v) is 5.22. The van der Waals surface area contributed by atoms with Gasteiger partial charge in [0.1, 0.15) is 11.8 Å². The maximum Gasteiger partial charge on any atom is 0.417 e. The molecule has 3 aromatic heterocycles. The zero-order chi connectivity index (χ0) is 27.6. The van der Waals surface area contributed by atoms with Gasteiger partial charge in [-0.05, 0) is 19.1 Å². The van der Waals surface area contributed by atoms with Gasteiger partial charge in [0.15, 0.2) is 28.4 Å². The third-order valence-electron chi connectivity index (χ3n) is 7.41. The molecule has 4 atom stereocenters. The van der Waals surface area contributed by atoms with Crippen LogP contribution in [0.5, 0.6) is 5.75 Å². The normalized spacial score (nSPS) is 23.8. The summed E-state index contributed by atoms with van der Waals surface area (Å²) in [4.78, 5) is 24.9. The molecule has 1 aliphatic heterocycles. The van der Waals surface area contributed by atoms with Gasteiger partial charge in [0.05, 0.1) is 18.0 Å². The molecule has 5 rings (SSSR count). The van der Waals surface area contributed by atoms with Gasteiger partial charge >= 0.3 is 6.18 Å². The van der Waals surface area contributed by atoms with Crippen LogP contribution in [0.15, 0.2) is 47.7 Å². The van der Waals surface area contributed by atoms with E-state index >= 15 is 0 Å². The lowest BCUT2D eigenvalue weighted by Gasteiger charge is -2.32. The van der Waals surface area contributed by atoms with Crippen LogP contribution in [0.2, 0.25) is 0 Å². The van der Waals surface area contributed by atoms with Crippen LogP contribution in [0.4, 0.5) is 22.0 Å². The van der Waals surface area contributed by atoms with Crippen LogP contribution in [-0.2, 0) is 11.8 Å². The van der Waals surface area contributed by atoms with Crippen molar-refractivity contribution in [3.8, 4) is 17.3 Å². The minimum absolute atomic E-state index is 0.0127. The fourth-order valence-electron chi connectivity index (χ4n) is 5.22. The first-order valence-corrected chi connectivity index (χ1v) is 11.6. The molecule has 0 unspecified atom stereocenters. The minimum atomic E-state index is -4.81. The molecule has 0 amide bonds. The van der Waals surface area contributed by atoms with Crippen LogP contribution in [0.3, 0.4) is 0 Å². The molecular formula is C26H23F5N4O3. The second-order valence-corrected chi connectivity index (χ2v) is 9.47. The molecule has 12 heteroatoms. The summed E-state index contributed by atoms with van der Waals surface area (Å²) in [5.41, 5.74) is -2.57. The maximum absolute atomic E-state index is 14.6. The number of alkyl halides is 3. The van der Waals surface area contributed by atoms with Gasteiger partial charge in [0.2, 0.25) is 5.82 Å². The molecule has 1 saturated heterocycles. The Labute approximate surface area is 213 Å². The monoisotopic (exact) mass is 534 g/mol. The highest BCUT2D eigenvalue weighted by Gasteiger charge is 2.65. The number of ether oxygens (including phenoxy) is 2. The van der Waals surface area contributed by atoms with Crippen molar-refractivity contribution in [3.63, 3.8) is 0 Å². The number of nitrogens with one attached hydrogen (secondary N) is 1.